The van der Waals surface area contributed by atoms with Gasteiger partial charge in [0, 0.05) is 22.5 Å². The number of nitrogens with one attached hydrogen (secondary N) is 1. The lowest BCUT2D eigenvalue weighted by Crippen LogP contribution is -2.25. The predicted octanol–water partition coefficient (Wildman–Crippen LogP) is 2.55. The number of azide groups is 1. The molecule has 5 nitrogen and oxygen atoms in total. The molecule has 0 fully saturated rings. The van der Waals surface area contributed by atoms with Gasteiger partial charge >= 0.3 is 0 Å². The SMILES string of the molecule is [N-]=[N+]=NCCNC(=O)c1sccc1Br. The first-order valence-corrected chi connectivity index (χ1v) is 5.45. The maximum atomic E-state index is 11.4. The minimum absolute atomic E-state index is 0.153. The molecule has 0 radical (unpaired) electrons. The first-order valence-electron chi connectivity index (χ1n) is 3.77. The zero-order valence-electron chi connectivity index (χ0n) is 7.11. The van der Waals surface area contributed by atoms with Crippen LogP contribution in [0.2, 0.25) is 0 Å². The van der Waals surface area contributed by atoms with Crippen molar-refractivity contribution in [2.45, 2.75) is 0 Å². The van der Waals surface area contributed by atoms with Gasteiger partial charge in [-0.05, 0) is 32.9 Å². The third kappa shape index (κ3) is 3.02. The lowest BCUT2D eigenvalue weighted by atomic mass is 10.4. The Morgan fingerprint density at radius 3 is 3.14 bits per heavy atom. The van der Waals surface area contributed by atoms with E-state index in [1.165, 1.54) is 11.3 Å². The summed E-state index contributed by atoms with van der Waals surface area (Å²) in [4.78, 5) is 14.6. The van der Waals surface area contributed by atoms with Crippen molar-refractivity contribution >= 4 is 33.2 Å². The van der Waals surface area contributed by atoms with E-state index < -0.39 is 0 Å². The van der Waals surface area contributed by atoms with E-state index >= 15 is 0 Å². The second-order valence-corrected chi connectivity index (χ2v) is 4.08. The van der Waals surface area contributed by atoms with Gasteiger partial charge in [-0.3, -0.25) is 4.79 Å². The lowest BCUT2D eigenvalue weighted by Gasteiger charge is -2.00. The Morgan fingerprint density at radius 1 is 1.79 bits per heavy atom. The molecule has 1 heterocycles. The molecule has 0 spiro atoms. The number of thiophene rings is 1. The number of carbonyl (C=O) groups excluding carboxylic acids is 1. The first-order chi connectivity index (χ1) is 6.75. The van der Waals surface area contributed by atoms with Gasteiger partial charge in [-0.1, -0.05) is 5.11 Å². The Hall–Kier alpha value is -1.04. The number of hydrogen-bond acceptors (Lipinski definition) is 3. The molecule has 0 aliphatic heterocycles. The monoisotopic (exact) mass is 274 g/mol. The van der Waals surface area contributed by atoms with E-state index in [-0.39, 0.29) is 12.5 Å². The number of amides is 1. The van der Waals surface area contributed by atoms with Gasteiger partial charge in [0.15, 0.2) is 0 Å². The van der Waals surface area contributed by atoms with Crippen molar-refractivity contribution in [3.05, 3.63) is 31.2 Å². The van der Waals surface area contributed by atoms with Crippen LogP contribution in [0.3, 0.4) is 0 Å². The lowest BCUT2D eigenvalue weighted by molar-refractivity contribution is 0.0958. The average Bonchev–Trinajstić information content (AvgIpc) is 2.59. The molecular formula is C7H7BrN4OS. The first kappa shape index (κ1) is 11.0. The Morgan fingerprint density at radius 2 is 2.57 bits per heavy atom. The molecule has 7 heteroatoms. The van der Waals surface area contributed by atoms with Crippen molar-refractivity contribution < 1.29 is 4.79 Å². The largest absolute Gasteiger partial charge is 0.351 e. The third-order valence-electron chi connectivity index (χ3n) is 1.38. The van der Waals surface area contributed by atoms with Crippen molar-refractivity contribution in [1.29, 1.82) is 0 Å². The van der Waals surface area contributed by atoms with E-state index in [2.05, 4.69) is 31.3 Å². The molecular weight excluding hydrogens is 268 g/mol. The minimum atomic E-state index is -0.153. The fourth-order valence-corrected chi connectivity index (χ4v) is 2.27. The second-order valence-electron chi connectivity index (χ2n) is 2.31. The molecule has 14 heavy (non-hydrogen) atoms. The van der Waals surface area contributed by atoms with Crippen molar-refractivity contribution in [3.63, 3.8) is 0 Å². The van der Waals surface area contributed by atoms with Gasteiger partial charge in [0.2, 0.25) is 0 Å². The smallest absolute Gasteiger partial charge is 0.262 e. The quantitative estimate of drug-likeness (QED) is 0.389. The Kier molecular flexibility index (Phi) is 4.45. The standard InChI is InChI=1S/C7H7BrN4OS/c8-5-1-4-14-6(5)7(13)10-2-3-11-12-9/h1,4H,2-3H2,(H,10,13). The van der Waals surface area contributed by atoms with Crippen LogP contribution in [0.4, 0.5) is 0 Å². The summed E-state index contributed by atoms with van der Waals surface area (Å²) in [7, 11) is 0. The predicted molar refractivity (Wildman–Crippen MR) is 58.4 cm³/mol. The van der Waals surface area contributed by atoms with Gasteiger partial charge in [-0.2, -0.15) is 0 Å². The number of carbonyl (C=O) groups is 1. The zero-order chi connectivity index (χ0) is 10.4. The Balaban J connectivity index is 2.43. The molecule has 1 aromatic rings. The third-order valence-corrected chi connectivity index (χ3v) is 3.22. The topological polar surface area (TPSA) is 77.9 Å². The summed E-state index contributed by atoms with van der Waals surface area (Å²) in [5.41, 5.74) is 8.00. The number of halogens is 1. The van der Waals surface area contributed by atoms with Crippen LogP contribution < -0.4 is 5.32 Å². The summed E-state index contributed by atoms with van der Waals surface area (Å²) in [6.45, 7) is 0.623. The molecule has 0 bridgehead atoms. The van der Waals surface area contributed by atoms with Crippen molar-refractivity contribution in [2.24, 2.45) is 5.11 Å². The van der Waals surface area contributed by atoms with Gasteiger partial charge in [-0.15, -0.1) is 11.3 Å². The second kappa shape index (κ2) is 5.64. The van der Waals surface area contributed by atoms with Crippen LogP contribution in [0.5, 0.6) is 0 Å². The molecule has 1 N–H and O–H groups in total. The highest BCUT2D eigenvalue weighted by Gasteiger charge is 2.09. The van der Waals surface area contributed by atoms with Crippen LogP contribution in [-0.2, 0) is 0 Å². The van der Waals surface area contributed by atoms with Crippen LogP contribution >= 0.6 is 27.3 Å². The summed E-state index contributed by atoms with van der Waals surface area (Å²) >= 11 is 4.62. The van der Waals surface area contributed by atoms with Gasteiger partial charge in [-0.25, -0.2) is 0 Å². The van der Waals surface area contributed by atoms with Crippen LogP contribution in [0.1, 0.15) is 9.67 Å². The van der Waals surface area contributed by atoms with E-state index in [9.17, 15) is 4.79 Å². The molecule has 0 saturated carbocycles. The molecule has 1 rings (SSSR count). The number of nitrogens with zero attached hydrogens (tertiary/aromatic N) is 3. The zero-order valence-corrected chi connectivity index (χ0v) is 9.51. The molecule has 0 aliphatic carbocycles. The molecule has 0 aromatic carbocycles. The van der Waals surface area contributed by atoms with Crippen LogP contribution in [0, 0.1) is 0 Å². The van der Waals surface area contributed by atoms with Gasteiger partial charge in [0.25, 0.3) is 5.91 Å². The highest BCUT2D eigenvalue weighted by Crippen LogP contribution is 2.21. The van der Waals surface area contributed by atoms with E-state index in [1.807, 2.05) is 11.4 Å². The fourth-order valence-electron chi connectivity index (χ4n) is 0.800. The highest BCUT2D eigenvalue weighted by atomic mass is 79.9. The normalized spacial score (nSPS) is 9.21. The molecule has 0 aliphatic rings. The minimum Gasteiger partial charge on any atom is -0.351 e. The molecule has 0 saturated heterocycles. The van der Waals surface area contributed by atoms with E-state index in [0.29, 0.717) is 11.4 Å². The van der Waals surface area contributed by atoms with Crippen LogP contribution in [-0.4, -0.2) is 19.0 Å². The Bertz CT molecular complexity index is 372. The molecule has 74 valence electrons. The highest BCUT2D eigenvalue weighted by molar-refractivity contribution is 9.10. The Labute approximate surface area is 92.9 Å². The summed E-state index contributed by atoms with van der Waals surface area (Å²) in [6, 6.07) is 1.81. The molecule has 1 amide bonds. The molecule has 0 atom stereocenters. The van der Waals surface area contributed by atoms with E-state index in [4.69, 9.17) is 5.53 Å². The van der Waals surface area contributed by atoms with Crippen molar-refractivity contribution in [3.8, 4) is 0 Å². The van der Waals surface area contributed by atoms with Crippen molar-refractivity contribution in [2.75, 3.05) is 13.1 Å². The molecule has 1 aromatic heterocycles. The summed E-state index contributed by atoms with van der Waals surface area (Å²) in [5, 5.41) is 7.77. The van der Waals surface area contributed by atoms with Crippen LogP contribution in [0.25, 0.3) is 10.4 Å². The van der Waals surface area contributed by atoms with Gasteiger partial charge < -0.3 is 5.32 Å². The van der Waals surface area contributed by atoms with Crippen molar-refractivity contribution in [1.82, 2.24) is 5.32 Å². The summed E-state index contributed by atoms with van der Waals surface area (Å²) in [6.07, 6.45) is 0. The summed E-state index contributed by atoms with van der Waals surface area (Å²) in [5.74, 6) is -0.153. The van der Waals surface area contributed by atoms with Gasteiger partial charge in [0.05, 0.1) is 0 Å². The number of hydrogen-bond donors (Lipinski definition) is 1. The van der Waals surface area contributed by atoms with E-state index in [1.54, 1.807) is 0 Å². The summed E-state index contributed by atoms with van der Waals surface area (Å²) < 4.78 is 0.781. The molecule has 0 unspecified atom stereocenters. The maximum absolute atomic E-state index is 11.4. The number of rotatable bonds is 4. The van der Waals surface area contributed by atoms with E-state index in [0.717, 1.165) is 4.47 Å². The van der Waals surface area contributed by atoms with Crippen LogP contribution in [0.15, 0.2) is 21.0 Å². The fraction of sp³-hybridized carbons (Fsp3) is 0.286. The maximum Gasteiger partial charge on any atom is 0.262 e. The average molecular weight is 275 g/mol. The van der Waals surface area contributed by atoms with Gasteiger partial charge in [0.1, 0.15) is 4.88 Å².